The van der Waals surface area contributed by atoms with Crippen LogP contribution in [-0.2, 0) is 11.8 Å². The Bertz CT molecular complexity index is 1210. The van der Waals surface area contributed by atoms with Gasteiger partial charge in [0.1, 0.15) is 11.5 Å². The largest absolute Gasteiger partial charge is 0.469 e. The van der Waals surface area contributed by atoms with Gasteiger partial charge in [0, 0.05) is 12.1 Å². The minimum absolute atomic E-state index is 0.146. The first-order chi connectivity index (χ1) is 15.0. The lowest BCUT2D eigenvalue weighted by Gasteiger charge is -2.12. The van der Waals surface area contributed by atoms with E-state index in [4.69, 9.17) is 20.8 Å². The summed E-state index contributed by atoms with van der Waals surface area (Å²) in [6.07, 6.45) is 1.61. The van der Waals surface area contributed by atoms with Crippen molar-refractivity contribution >= 4 is 35.0 Å². The smallest absolute Gasteiger partial charge is 0.234 e. The molecule has 1 N–H and O–H groups in total. The maximum atomic E-state index is 12.6. The van der Waals surface area contributed by atoms with Crippen LogP contribution in [0.15, 0.2) is 70.4 Å². The van der Waals surface area contributed by atoms with Gasteiger partial charge in [-0.25, -0.2) is 0 Å². The van der Waals surface area contributed by atoms with Crippen molar-refractivity contribution < 1.29 is 13.9 Å². The summed E-state index contributed by atoms with van der Waals surface area (Å²) in [5, 5.41) is 12.4. The molecule has 0 atom stereocenters. The van der Waals surface area contributed by atoms with Crippen molar-refractivity contribution in [2.75, 3.05) is 11.1 Å². The fraction of sp³-hybridized carbons (Fsp3) is 0.136. The molecule has 1 amide bonds. The fourth-order valence-corrected chi connectivity index (χ4v) is 3.80. The van der Waals surface area contributed by atoms with Crippen LogP contribution in [0.1, 0.15) is 5.76 Å². The second-order valence-corrected chi connectivity index (χ2v) is 8.03. The quantitative estimate of drug-likeness (QED) is 0.368. The molecule has 2 heterocycles. The van der Waals surface area contributed by atoms with Gasteiger partial charge in [-0.1, -0.05) is 41.6 Å². The maximum absolute atomic E-state index is 12.6. The highest BCUT2D eigenvalue weighted by Gasteiger charge is 2.16. The molecule has 0 bridgehead atoms. The zero-order chi connectivity index (χ0) is 21.8. The van der Waals surface area contributed by atoms with Crippen molar-refractivity contribution in [1.29, 1.82) is 0 Å². The monoisotopic (exact) mass is 454 g/mol. The van der Waals surface area contributed by atoms with Gasteiger partial charge in [0.15, 0.2) is 16.7 Å². The molecule has 7 nitrogen and oxygen atoms in total. The minimum atomic E-state index is -0.214. The van der Waals surface area contributed by atoms with E-state index in [9.17, 15) is 4.79 Å². The Balaban J connectivity index is 1.43. The Morgan fingerprint density at radius 3 is 2.74 bits per heavy atom. The van der Waals surface area contributed by atoms with Crippen LogP contribution >= 0.6 is 23.4 Å². The van der Waals surface area contributed by atoms with Crippen molar-refractivity contribution in [3.05, 3.63) is 71.6 Å². The number of hydrogen-bond acceptors (Lipinski definition) is 6. The number of halogens is 1. The molecule has 0 spiro atoms. The van der Waals surface area contributed by atoms with Gasteiger partial charge in [-0.3, -0.25) is 4.79 Å². The Morgan fingerprint density at radius 2 is 2.00 bits per heavy atom. The molecule has 0 unspecified atom stereocenters. The Labute approximate surface area is 188 Å². The van der Waals surface area contributed by atoms with Crippen LogP contribution in [0.5, 0.6) is 11.5 Å². The van der Waals surface area contributed by atoms with E-state index in [1.807, 2.05) is 54.9 Å². The summed E-state index contributed by atoms with van der Waals surface area (Å²) in [5.41, 5.74) is 1.36. The number of thioether (sulfide) groups is 1. The van der Waals surface area contributed by atoms with E-state index in [2.05, 4.69) is 15.5 Å². The molecule has 0 aliphatic carbocycles. The highest BCUT2D eigenvalue weighted by molar-refractivity contribution is 7.99. The second kappa shape index (κ2) is 9.28. The zero-order valence-electron chi connectivity index (χ0n) is 16.8. The number of hydrogen-bond donors (Lipinski definition) is 1. The Kier molecular flexibility index (Phi) is 6.29. The molecular formula is C22H19ClN4O3S. The Hall–Kier alpha value is -3.23. The first-order valence-corrected chi connectivity index (χ1v) is 10.8. The number of carbonyl (C=O) groups is 1. The standard InChI is InChI=1S/C22H19ClN4O3S/c1-14-17(10-11-29-14)21-25-26-22(27(21)2)31-13-20(28)24-18-12-15(23)8-9-19(18)30-16-6-4-3-5-7-16/h3-12H,13H2,1-2H3,(H,24,28). The first kappa shape index (κ1) is 21.0. The average molecular weight is 455 g/mol. The summed E-state index contributed by atoms with van der Waals surface area (Å²) in [7, 11) is 1.85. The molecule has 4 rings (SSSR count). The predicted octanol–water partition coefficient (Wildman–Crippen LogP) is 5.56. The fourth-order valence-electron chi connectivity index (χ4n) is 2.91. The third kappa shape index (κ3) is 4.92. The molecule has 31 heavy (non-hydrogen) atoms. The van der Waals surface area contributed by atoms with Crippen LogP contribution < -0.4 is 10.1 Å². The SMILES string of the molecule is Cc1occc1-c1nnc(SCC(=O)Nc2cc(Cl)ccc2Oc2ccccc2)n1C. The number of benzene rings is 2. The molecule has 4 aromatic rings. The summed E-state index contributed by atoms with van der Waals surface area (Å²) in [6, 6.07) is 16.3. The number of rotatable bonds is 7. The predicted molar refractivity (Wildman–Crippen MR) is 121 cm³/mol. The van der Waals surface area contributed by atoms with E-state index >= 15 is 0 Å². The first-order valence-electron chi connectivity index (χ1n) is 9.40. The lowest BCUT2D eigenvalue weighted by Crippen LogP contribution is -2.15. The summed E-state index contributed by atoms with van der Waals surface area (Å²) >= 11 is 7.41. The molecule has 2 aromatic carbocycles. The molecule has 0 saturated heterocycles. The number of para-hydroxylation sites is 1. The van der Waals surface area contributed by atoms with Gasteiger partial charge in [0.05, 0.1) is 23.3 Å². The number of nitrogens with zero attached hydrogens (tertiary/aromatic N) is 3. The number of carbonyl (C=O) groups excluding carboxylic acids is 1. The van der Waals surface area contributed by atoms with Gasteiger partial charge < -0.3 is 19.0 Å². The number of nitrogens with one attached hydrogen (secondary N) is 1. The topological polar surface area (TPSA) is 82.2 Å². The number of anilines is 1. The molecule has 0 radical (unpaired) electrons. The number of aryl methyl sites for hydroxylation is 1. The third-order valence-corrected chi connectivity index (χ3v) is 5.71. The maximum Gasteiger partial charge on any atom is 0.234 e. The van der Waals surface area contributed by atoms with Crippen molar-refractivity contribution in [1.82, 2.24) is 14.8 Å². The van der Waals surface area contributed by atoms with Gasteiger partial charge in [-0.15, -0.1) is 10.2 Å². The van der Waals surface area contributed by atoms with Gasteiger partial charge in [0.25, 0.3) is 0 Å². The molecule has 0 aliphatic heterocycles. The van der Waals surface area contributed by atoms with E-state index in [1.165, 1.54) is 11.8 Å². The summed E-state index contributed by atoms with van der Waals surface area (Å²) in [4.78, 5) is 12.6. The average Bonchev–Trinajstić information content (AvgIpc) is 3.34. The van der Waals surface area contributed by atoms with Crippen molar-refractivity contribution in [2.45, 2.75) is 12.1 Å². The normalized spacial score (nSPS) is 10.8. The van der Waals surface area contributed by atoms with Crippen LogP contribution in [0.25, 0.3) is 11.4 Å². The van der Waals surface area contributed by atoms with Crippen LogP contribution in [0.2, 0.25) is 5.02 Å². The molecule has 2 aromatic heterocycles. The van der Waals surface area contributed by atoms with Gasteiger partial charge in [-0.05, 0) is 43.3 Å². The number of aromatic nitrogens is 3. The highest BCUT2D eigenvalue weighted by atomic mass is 35.5. The minimum Gasteiger partial charge on any atom is -0.469 e. The molecular weight excluding hydrogens is 436 g/mol. The zero-order valence-corrected chi connectivity index (χ0v) is 18.4. The lowest BCUT2D eigenvalue weighted by molar-refractivity contribution is -0.113. The number of ether oxygens (including phenoxy) is 1. The van der Waals surface area contributed by atoms with E-state index in [1.54, 1.807) is 24.5 Å². The number of furan rings is 1. The van der Waals surface area contributed by atoms with Gasteiger partial charge in [0.2, 0.25) is 5.91 Å². The molecule has 0 aliphatic rings. The van der Waals surface area contributed by atoms with Gasteiger partial charge >= 0.3 is 0 Å². The summed E-state index contributed by atoms with van der Waals surface area (Å²) in [5.74, 6) is 2.54. The summed E-state index contributed by atoms with van der Waals surface area (Å²) in [6.45, 7) is 1.87. The number of amides is 1. The van der Waals surface area contributed by atoms with Crippen LogP contribution in [-0.4, -0.2) is 26.4 Å². The van der Waals surface area contributed by atoms with E-state index < -0.39 is 0 Å². The lowest BCUT2D eigenvalue weighted by atomic mass is 10.2. The third-order valence-electron chi connectivity index (χ3n) is 4.45. The van der Waals surface area contributed by atoms with E-state index in [0.717, 1.165) is 11.3 Å². The van der Waals surface area contributed by atoms with Crippen molar-refractivity contribution in [3.63, 3.8) is 0 Å². The van der Waals surface area contributed by atoms with E-state index in [0.29, 0.717) is 33.2 Å². The highest BCUT2D eigenvalue weighted by Crippen LogP contribution is 2.32. The van der Waals surface area contributed by atoms with E-state index in [-0.39, 0.29) is 11.7 Å². The van der Waals surface area contributed by atoms with Crippen molar-refractivity contribution in [2.24, 2.45) is 7.05 Å². The second-order valence-electron chi connectivity index (χ2n) is 6.65. The molecule has 9 heteroatoms. The van der Waals surface area contributed by atoms with Crippen LogP contribution in [0, 0.1) is 6.92 Å². The summed E-state index contributed by atoms with van der Waals surface area (Å²) < 4.78 is 13.1. The molecule has 0 saturated carbocycles. The van der Waals surface area contributed by atoms with Crippen molar-refractivity contribution in [3.8, 4) is 22.9 Å². The van der Waals surface area contributed by atoms with Gasteiger partial charge in [-0.2, -0.15) is 0 Å². The van der Waals surface area contributed by atoms with Crippen LogP contribution in [0.4, 0.5) is 5.69 Å². The molecule has 158 valence electrons. The van der Waals surface area contributed by atoms with Crippen LogP contribution in [0.3, 0.4) is 0 Å². The molecule has 0 fully saturated rings. The Morgan fingerprint density at radius 1 is 1.19 bits per heavy atom.